The first-order valence-corrected chi connectivity index (χ1v) is 9.70. The van der Waals surface area contributed by atoms with Gasteiger partial charge < -0.3 is 10.6 Å². The first kappa shape index (κ1) is 18.7. The van der Waals surface area contributed by atoms with E-state index in [2.05, 4.69) is 15.7 Å². The minimum Gasteiger partial charge on any atom is -0.353 e. The lowest BCUT2D eigenvalue weighted by Crippen LogP contribution is -2.45. The minimum atomic E-state index is 0. The Morgan fingerprint density at radius 1 is 1.20 bits per heavy atom. The van der Waals surface area contributed by atoms with Crippen molar-refractivity contribution in [2.45, 2.75) is 56.9 Å². The molecule has 5 nitrogen and oxygen atoms in total. The summed E-state index contributed by atoms with van der Waals surface area (Å²) in [6.45, 7) is 1.66. The molecule has 1 aromatic heterocycles. The Kier molecular flexibility index (Phi) is 6.05. The summed E-state index contributed by atoms with van der Waals surface area (Å²) in [7, 11) is 1.93. The highest BCUT2D eigenvalue weighted by atomic mass is 35.5. The van der Waals surface area contributed by atoms with Gasteiger partial charge in [-0.15, -0.1) is 12.4 Å². The van der Waals surface area contributed by atoms with E-state index in [9.17, 15) is 4.79 Å². The maximum absolute atomic E-state index is 12.9. The molecule has 4 rings (SSSR count). The molecule has 3 fully saturated rings. The largest absolute Gasteiger partial charge is 0.353 e. The van der Waals surface area contributed by atoms with E-state index < -0.39 is 0 Å². The Morgan fingerprint density at radius 3 is 2.76 bits per heavy atom. The lowest BCUT2D eigenvalue weighted by atomic mass is 9.69. The molecular formula is C19H31ClN4O. The van der Waals surface area contributed by atoms with E-state index in [4.69, 9.17) is 0 Å². The zero-order valence-electron chi connectivity index (χ0n) is 15.1. The molecule has 3 unspecified atom stereocenters. The van der Waals surface area contributed by atoms with Crippen LogP contribution >= 0.6 is 12.4 Å². The van der Waals surface area contributed by atoms with Crippen LogP contribution < -0.4 is 10.6 Å². The number of hydrogen-bond donors (Lipinski definition) is 2. The van der Waals surface area contributed by atoms with E-state index in [0.29, 0.717) is 6.04 Å². The molecule has 2 aliphatic carbocycles. The van der Waals surface area contributed by atoms with Crippen molar-refractivity contribution in [1.82, 2.24) is 20.4 Å². The average Bonchev–Trinajstić information content (AvgIpc) is 3.23. The van der Waals surface area contributed by atoms with Crippen LogP contribution in [-0.4, -0.2) is 34.8 Å². The van der Waals surface area contributed by atoms with Crippen LogP contribution in [0, 0.1) is 17.8 Å². The van der Waals surface area contributed by atoms with Crippen molar-refractivity contribution in [1.29, 1.82) is 0 Å². The van der Waals surface area contributed by atoms with E-state index in [1.165, 1.54) is 50.5 Å². The number of halogens is 1. The molecular weight excluding hydrogens is 336 g/mol. The zero-order chi connectivity index (χ0) is 16.5. The summed E-state index contributed by atoms with van der Waals surface area (Å²) in [5, 5.41) is 11.1. The summed E-state index contributed by atoms with van der Waals surface area (Å²) >= 11 is 0. The minimum absolute atomic E-state index is 0. The standard InChI is InChI=1S/C19H30N4O.ClH/c1-23-12-15(9-21-23)17-10-20-11-18(17)19(24)22-16-7-6-13-4-2-3-5-14(13)8-16;/h9,12-14,16-18,20H,2-8,10-11H2,1H3,(H,22,24);1H/t13?,14?,16?,17-,18+;/m1./s1. The second-order valence-electron chi connectivity index (χ2n) is 8.14. The highest BCUT2D eigenvalue weighted by molar-refractivity contribution is 5.85. The fourth-order valence-corrected chi connectivity index (χ4v) is 5.25. The molecule has 0 spiro atoms. The molecule has 0 aromatic carbocycles. The van der Waals surface area contributed by atoms with Gasteiger partial charge in [0.15, 0.2) is 0 Å². The number of carbonyl (C=O) groups excluding carboxylic acids is 1. The van der Waals surface area contributed by atoms with Gasteiger partial charge in [0.1, 0.15) is 0 Å². The number of hydrogen-bond acceptors (Lipinski definition) is 3. The van der Waals surface area contributed by atoms with E-state index in [-0.39, 0.29) is 30.2 Å². The lowest BCUT2D eigenvalue weighted by molar-refractivity contribution is -0.126. The Morgan fingerprint density at radius 2 is 2.00 bits per heavy atom. The van der Waals surface area contributed by atoms with Gasteiger partial charge >= 0.3 is 0 Å². The smallest absolute Gasteiger partial charge is 0.225 e. The third-order valence-corrected chi connectivity index (χ3v) is 6.59. The summed E-state index contributed by atoms with van der Waals surface area (Å²) in [6, 6.07) is 0.395. The first-order chi connectivity index (χ1) is 11.7. The molecule has 3 aliphatic rings. The van der Waals surface area contributed by atoms with E-state index in [1.807, 2.05) is 24.1 Å². The second-order valence-corrected chi connectivity index (χ2v) is 8.14. The molecule has 140 valence electrons. The van der Waals surface area contributed by atoms with Crippen molar-refractivity contribution in [2.75, 3.05) is 13.1 Å². The maximum Gasteiger partial charge on any atom is 0.225 e. The van der Waals surface area contributed by atoms with Crippen LogP contribution in [0.15, 0.2) is 12.4 Å². The Hall–Kier alpha value is -1.07. The zero-order valence-corrected chi connectivity index (χ0v) is 15.9. The molecule has 0 bridgehead atoms. The SMILES string of the molecule is Cl.Cn1cc([C@H]2CNC[C@@H]2C(=O)NC2CCC3CCCCC3C2)cn1. The normalized spacial score (nSPS) is 34.8. The number of aromatic nitrogens is 2. The van der Waals surface area contributed by atoms with Crippen LogP contribution in [0.1, 0.15) is 56.4 Å². The molecule has 2 heterocycles. The first-order valence-electron chi connectivity index (χ1n) is 9.70. The predicted octanol–water partition coefficient (Wildman–Crippen LogP) is 2.62. The van der Waals surface area contributed by atoms with Gasteiger partial charge in [0.25, 0.3) is 0 Å². The van der Waals surface area contributed by atoms with E-state index in [1.54, 1.807) is 0 Å². The molecule has 2 saturated carbocycles. The summed E-state index contributed by atoms with van der Waals surface area (Å²) in [5.41, 5.74) is 1.18. The van der Waals surface area contributed by atoms with Crippen molar-refractivity contribution in [2.24, 2.45) is 24.8 Å². The third kappa shape index (κ3) is 4.03. The van der Waals surface area contributed by atoms with Crippen LogP contribution in [0.4, 0.5) is 0 Å². The van der Waals surface area contributed by atoms with Gasteiger partial charge in [0.2, 0.25) is 5.91 Å². The quantitative estimate of drug-likeness (QED) is 0.864. The predicted molar refractivity (Wildman–Crippen MR) is 101 cm³/mol. The van der Waals surface area contributed by atoms with Crippen LogP contribution in [0.2, 0.25) is 0 Å². The van der Waals surface area contributed by atoms with Gasteiger partial charge in [-0.2, -0.15) is 5.10 Å². The summed E-state index contributed by atoms with van der Waals surface area (Å²) in [6.07, 6.45) is 13.2. The topological polar surface area (TPSA) is 59.0 Å². The summed E-state index contributed by atoms with van der Waals surface area (Å²) in [4.78, 5) is 12.9. The number of fused-ring (bicyclic) bond motifs is 1. The van der Waals surface area contributed by atoms with Crippen molar-refractivity contribution >= 4 is 18.3 Å². The molecule has 5 atom stereocenters. The van der Waals surface area contributed by atoms with E-state index >= 15 is 0 Å². The number of aryl methyl sites for hydroxylation is 1. The van der Waals surface area contributed by atoms with Crippen molar-refractivity contribution in [3.63, 3.8) is 0 Å². The van der Waals surface area contributed by atoms with Gasteiger partial charge in [-0.3, -0.25) is 9.48 Å². The van der Waals surface area contributed by atoms with Crippen LogP contribution in [-0.2, 0) is 11.8 Å². The molecule has 6 heteroatoms. The second kappa shape index (κ2) is 8.09. The van der Waals surface area contributed by atoms with Gasteiger partial charge in [-0.05, 0) is 36.7 Å². The number of nitrogens with zero attached hydrogens (tertiary/aromatic N) is 2. The molecule has 0 radical (unpaired) electrons. The maximum atomic E-state index is 12.9. The monoisotopic (exact) mass is 366 g/mol. The van der Waals surface area contributed by atoms with Crippen molar-refractivity contribution in [3.05, 3.63) is 18.0 Å². The van der Waals surface area contributed by atoms with Crippen molar-refractivity contribution in [3.8, 4) is 0 Å². The highest BCUT2D eigenvalue weighted by Gasteiger charge is 2.37. The number of rotatable bonds is 3. The number of amides is 1. The van der Waals surface area contributed by atoms with Gasteiger partial charge in [0, 0.05) is 38.3 Å². The molecule has 25 heavy (non-hydrogen) atoms. The molecule has 1 aliphatic heterocycles. The third-order valence-electron chi connectivity index (χ3n) is 6.59. The van der Waals surface area contributed by atoms with Gasteiger partial charge in [-0.1, -0.05) is 25.7 Å². The Balaban J connectivity index is 0.00000182. The lowest BCUT2D eigenvalue weighted by Gasteiger charge is -2.39. The van der Waals surface area contributed by atoms with Gasteiger partial charge in [-0.25, -0.2) is 0 Å². The van der Waals surface area contributed by atoms with Crippen LogP contribution in [0.25, 0.3) is 0 Å². The Bertz CT molecular complexity index is 590. The number of carbonyl (C=O) groups is 1. The summed E-state index contributed by atoms with van der Waals surface area (Å²) < 4.78 is 1.83. The van der Waals surface area contributed by atoms with Crippen LogP contribution in [0.5, 0.6) is 0 Å². The summed E-state index contributed by atoms with van der Waals surface area (Å²) in [5.74, 6) is 2.33. The Labute approximate surface area is 156 Å². The molecule has 1 saturated heterocycles. The molecule has 2 N–H and O–H groups in total. The van der Waals surface area contributed by atoms with E-state index in [0.717, 1.165) is 24.9 Å². The van der Waals surface area contributed by atoms with Crippen LogP contribution in [0.3, 0.4) is 0 Å². The molecule has 1 aromatic rings. The fourth-order valence-electron chi connectivity index (χ4n) is 5.25. The van der Waals surface area contributed by atoms with Crippen molar-refractivity contribution < 1.29 is 4.79 Å². The fraction of sp³-hybridized carbons (Fsp3) is 0.789. The highest BCUT2D eigenvalue weighted by Crippen LogP contribution is 2.40. The number of nitrogens with one attached hydrogen (secondary N) is 2. The average molecular weight is 367 g/mol. The molecule has 1 amide bonds. The van der Waals surface area contributed by atoms with Gasteiger partial charge in [0.05, 0.1) is 12.1 Å².